The van der Waals surface area contributed by atoms with Gasteiger partial charge in [-0.15, -0.1) is 11.3 Å². The molecule has 0 saturated heterocycles. The molecule has 0 spiro atoms. The zero-order chi connectivity index (χ0) is 12.1. The predicted molar refractivity (Wildman–Crippen MR) is 66.2 cm³/mol. The molecule has 1 rings (SSSR count). The molecule has 1 N–H and O–H groups in total. The van der Waals surface area contributed by atoms with Gasteiger partial charge in [0.15, 0.2) is 0 Å². The maximum atomic E-state index is 10.6. The van der Waals surface area contributed by atoms with Crippen molar-refractivity contribution in [2.45, 2.75) is 52.4 Å². The van der Waals surface area contributed by atoms with Crippen molar-refractivity contribution in [2.75, 3.05) is 0 Å². The fourth-order valence-corrected chi connectivity index (χ4v) is 2.91. The largest absolute Gasteiger partial charge is 0.481 e. The summed E-state index contributed by atoms with van der Waals surface area (Å²) >= 11 is 1.68. The first kappa shape index (κ1) is 13.2. The van der Waals surface area contributed by atoms with E-state index in [4.69, 9.17) is 5.11 Å². The number of hydrogen-bond donors (Lipinski definition) is 1. The van der Waals surface area contributed by atoms with Gasteiger partial charge in [-0.25, -0.2) is 4.98 Å². The Hall–Kier alpha value is -0.900. The highest BCUT2D eigenvalue weighted by molar-refractivity contribution is 7.11. The van der Waals surface area contributed by atoms with E-state index in [0.29, 0.717) is 12.3 Å². The summed E-state index contributed by atoms with van der Waals surface area (Å²) in [5, 5.41) is 9.84. The highest BCUT2D eigenvalue weighted by atomic mass is 32.1. The van der Waals surface area contributed by atoms with Crippen LogP contribution >= 0.6 is 11.3 Å². The molecular formula is C12H19NO2S. The van der Waals surface area contributed by atoms with Crippen LogP contribution in [0.15, 0.2) is 0 Å². The van der Waals surface area contributed by atoms with Gasteiger partial charge in [-0.1, -0.05) is 20.8 Å². The van der Waals surface area contributed by atoms with Crippen LogP contribution in [0.4, 0.5) is 0 Å². The zero-order valence-electron chi connectivity index (χ0n) is 10.1. The average molecular weight is 241 g/mol. The monoisotopic (exact) mass is 241 g/mol. The average Bonchev–Trinajstić information content (AvgIpc) is 2.59. The van der Waals surface area contributed by atoms with Crippen molar-refractivity contribution in [1.82, 2.24) is 4.98 Å². The number of nitrogens with zero attached hydrogens (tertiary/aromatic N) is 1. The standard InChI is InChI=1S/C12H19NO2S/c1-4-5-10-13-12(8(2)3)9(16-10)6-7-11(14)15/h8H,4-7H2,1-3H3,(H,14,15). The predicted octanol–water partition coefficient (Wildman–Crippen LogP) is 3.24. The Morgan fingerprint density at radius 3 is 2.62 bits per heavy atom. The summed E-state index contributed by atoms with van der Waals surface area (Å²) in [6.07, 6.45) is 2.90. The minimum atomic E-state index is -0.736. The lowest BCUT2D eigenvalue weighted by Gasteiger charge is -2.03. The van der Waals surface area contributed by atoms with Crippen LogP contribution in [0.1, 0.15) is 55.1 Å². The highest BCUT2D eigenvalue weighted by Gasteiger charge is 2.14. The van der Waals surface area contributed by atoms with Crippen LogP contribution in [0.25, 0.3) is 0 Å². The number of aliphatic carboxylic acids is 1. The number of carboxylic acid groups (broad SMARTS) is 1. The highest BCUT2D eigenvalue weighted by Crippen LogP contribution is 2.27. The number of thiazole rings is 1. The molecule has 0 fully saturated rings. The molecule has 0 unspecified atom stereocenters. The Balaban J connectivity index is 2.82. The molecule has 1 aromatic rings. The van der Waals surface area contributed by atoms with Crippen molar-refractivity contribution in [3.05, 3.63) is 15.6 Å². The number of carboxylic acids is 1. The van der Waals surface area contributed by atoms with Crippen LogP contribution in [0.5, 0.6) is 0 Å². The molecule has 1 aromatic heterocycles. The van der Waals surface area contributed by atoms with Crippen LogP contribution in [-0.4, -0.2) is 16.1 Å². The molecule has 0 aromatic carbocycles. The van der Waals surface area contributed by atoms with Crippen molar-refractivity contribution >= 4 is 17.3 Å². The summed E-state index contributed by atoms with van der Waals surface area (Å²) in [7, 11) is 0. The fraction of sp³-hybridized carbons (Fsp3) is 0.667. The molecule has 0 aliphatic rings. The molecule has 4 heteroatoms. The first-order chi connectivity index (χ1) is 7.54. The van der Waals surface area contributed by atoms with Crippen LogP contribution < -0.4 is 0 Å². The van der Waals surface area contributed by atoms with E-state index in [1.54, 1.807) is 11.3 Å². The molecule has 0 bridgehead atoms. The minimum Gasteiger partial charge on any atom is -0.481 e. The summed E-state index contributed by atoms with van der Waals surface area (Å²) < 4.78 is 0. The Morgan fingerprint density at radius 1 is 1.44 bits per heavy atom. The van der Waals surface area contributed by atoms with Gasteiger partial charge in [0.05, 0.1) is 17.1 Å². The number of rotatable bonds is 6. The second kappa shape index (κ2) is 5.99. The Kier molecular flexibility index (Phi) is 4.93. The third-order valence-electron chi connectivity index (χ3n) is 2.35. The fourth-order valence-electron chi connectivity index (χ4n) is 1.59. The van der Waals surface area contributed by atoms with E-state index in [-0.39, 0.29) is 6.42 Å². The molecule has 3 nitrogen and oxygen atoms in total. The van der Waals surface area contributed by atoms with E-state index >= 15 is 0 Å². The van der Waals surface area contributed by atoms with Crippen molar-refractivity contribution in [3.63, 3.8) is 0 Å². The second-order valence-electron chi connectivity index (χ2n) is 4.21. The third kappa shape index (κ3) is 3.59. The zero-order valence-corrected chi connectivity index (χ0v) is 10.9. The maximum Gasteiger partial charge on any atom is 0.303 e. The van der Waals surface area contributed by atoms with Gasteiger partial charge in [-0.05, 0) is 25.2 Å². The van der Waals surface area contributed by atoms with Crippen molar-refractivity contribution < 1.29 is 9.90 Å². The van der Waals surface area contributed by atoms with Gasteiger partial charge < -0.3 is 5.11 Å². The van der Waals surface area contributed by atoms with Crippen LogP contribution in [0, 0.1) is 0 Å². The topological polar surface area (TPSA) is 50.2 Å². The van der Waals surface area contributed by atoms with Crippen molar-refractivity contribution in [1.29, 1.82) is 0 Å². The van der Waals surface area contributed by atoms with Gasteiger partial charge >= 0.3 is 5.97 Å². The molecule has 0 amide bonds. The molecule has 1 heterocycles. The Labute approximate surface area is 101 Å². The maximum absolute atomic E-state index is 10.6. The molecule has 0 radical (unpaired) electrons. The molecule has 0 aliphatic heterocycles. The summed E-state index contributed by atoms with van der Waals surface area (Å²) in [5.41, 5.74) is 1.09. The quantitative estimate of drug-likeness (QED) is 0.831. The molecule has 0 saturated carbocycles. The smallest absolute Gasteiger partial charge is 0.303 e. The van der Waals surface area contributed by atoms with Gasteiger partial charge in [-0.2, -0.15) is 0 Å². The normalized spacial score (nSPS) is 11.0. The minimum absolute atomic E-state index is 0.202. The van der Waals surface area contributed by atoms with E-state index < -0.39 is 5.97 Å². The Bertz CT molecular complexity index is 358. The van der Waals surface area contributed by atoms with E-state index in [1.807, 2.05) is 0 Å². The van der Waals surface area contributed by atoms with Gasteiger partial charge in [0, 0.05) is 4.88 Å². The number of aromatic nitrogens is 1. The van der Waals surface area contributed by atoms with Crippen LogP contribution in [0.2, 0.25) is 0 Å². The van der Waals surface area contributed by atoms with Crippen LogP contribution in [-0.2, 0) is 17.6 Å². The van der Waals surface area contributed by atoms with Gasteiger partial charge in [0.2, 0.25) is 0 Å². The summed E-state index contributed by atoms with van der Waals surface area (Å²) in [6.45, 7) is 6.34. The summed E-state index contributed by atoms with van der Waals surface area (Å²) in [4.78, 5) is 16.3. The SMILES string of the molecule is CCCc1nc(C(C)C)c(CCC(=O)O)s1. The van der Waals surface area contributed by atoms with E-state index in [1.165, 1.54) is 0 Å². The molecular weight excluding hydrogens is 222 g/mol. The molecule has 90 valence electrons. The van der Waals surface area contributed by atoms with E-state index in [0.717, 1.165) is 28.4 Å². The molecule has 16 heavy (non-hydrogen) atoms. The lowest BCUT2D eigenvalue weighted by molar-refractivity contribution is -0.136. The lowest BCUT2D eigenvalue weighted by Crippen LogP contribution is -1.99. The van der Waals surface area contributed by atoms with Gasteiger partial charge in [-0.3, -0.25) is 4.79 Å². The first-order valence-corrected chi connectivity index (χ1v) is 6.56. The lowest BCUT2D eigenvalue weighted by atomic mass is 10.1. The molecule has 0 aliphatic carbocycles. The van der Waals surface area contributed by atoms with Gasteiger partial charge in [0.25, 0.3) is 0 Å². The number of carbonyl (C=O) groups is 1. The van der Waals surface area contributed by atoms with Crippen LogP contribution in [0.3, 0.4) is 0 Å². The number of hydrogen-bond acceptors (Lipinski definition) is 3. The van der Waals surface area contributed by atoms with E-state index in [2.05, 4.69) is 25.8 Å². The molecule has 0 atom stereocenters. The van der Waals surface area contributed by atoms with Gasteiger partial charge in [0.1, 0.15) is 0 Å². The summed E-state index contributed by atoms with van der Waals surface area (Å²) in [5.74, 6) is -0.356. The second-order valence-corrected chi connectivity index (χ2v) is 5.38. The first-order valence-electron chi connectivity index (χ1n) is 5.74. The number of aryl methyl sites for hydroxylation is 2. The van der Waals surface area contributed by atoms with Crippen molar-refractivity contribution in [3.8, 4) is 0 Å². The van der Waals surface area contributed by atoms with Crippen molar-refractivity contribution in [2.24, 2.45) is 0 Å². The Morgan fingerprint density at radius 2 is 2.12 bits per heavy atom. The third-order valence-corrected chi connectivity index (χ3v) is 3.54. The summed E-state index contributed by atoms with van der Waals surface area (Å²) in [6, 6.07) is 0. The van der Waals surface area contributed by atoms with E-state index in [9.17, 15) is 4.79 Å².